The van der Waals surface area contributed by atoms with Gasteiger partial charge in [-0.25, -0.2) is 0 Å². The highest BCUT2D eigenvalue weighted by Gasteiger charge is 2.54. The molecule has 2 heterocycles. The number of allylic oxidation sites excluding steroid dienone is 1. The zero-order chi connectivity index (χ0) is 18.9. The minimum atomic E-state index is -5.11. The zero-order valence-electron chi connectivity index (χ0n) is 13.6. The first-order valence-electron chi connectivity index (χ1n) is 7.86. The van der Waals surface area contributed by atoms with Crippen LogP contribution in [0.2, 0.25) is 0 Å². The van der Waals surface area contributed by atoms with Crippen molar-refractivity contribution >= 4 is 22.8 Å². The molecule has 2 N–H and O–H groups in total. The third-order valence-electron chi connectivity index (χ3n) is 4.46. The van der Waals surface area contributed by atoms with Crippen LogP contribution in [-0.4, -0.2) is 51.6 Å². The molecule has 1 aliphatic rings. The van der Waals surface area contributed by atoms with Gasteiger partial charge in [-0.3, -0.25) is 9.59 Å². The van der Waals surface area contributed by atoms with Crippen LogP contribution < -0.4 is 10.6 Å². The Bertz CT molecular complexity index is 863. The maximum absolute atomic E-state index is 13.2. The molecule has 2 unspecified atom stereocenters. The fourth-order valence-electron chi connectivity index (χ4n) is 3.18. The fourth-order valence-corrected chi connectivity index (χ4v) is 3.18. The smallest absolute Gasteiger partial charge is 0.332 e. The maximum atomic E-state index is 13.2. The molecule has 138 valence electrons. The third-order valence-corrected chi connectivity index (χ3v) is 4.46. The number of amides is 1. The number of aromatic nitrogens is 3. The summed E-state index contributed by atoms with van der Waals surface area (Å²) in [5.41, 5.74) is -1.04. The Morgan fingerprint density at radius 2 is 2.15 bits per heavy atom. The van der Waals surface area contributed by atoms with Crippen LogP contribution in [0.3, 0.4) is 0 Å². The van der Waals surface area contributed by atoms with E-state index in [4.69, 9.17) is 0 Å². The largest absolute Gasteiger partial charge is 0.471 e. The van der Waals surface area contributed by atoms with Crippen LogP contribution >= 0.6 is 0 Å². The Balaban J connectivity index is 2.06. The van der Waals surface area contributed by atoms with Gasteiger partial charge in [0.1, 0.15) is 11.1 Å². The second-order valence-electron chi connectivity index (χ2n) is 6.07. The minimum absolute atomic E-state index is 0.152. The van der Waals surface area contributed by atoms with Crippen molar-refractivity contribution in [3.05, 3.63) is 36.9 Å². The van der Waals surface area contributed by atoms with Crippen molar-refractivity contribution in [3.8, 4) is 0 Å². The van der Waals surface area contributed by atoms with E-state index < -0.39 is 29.4 Å². The predicted molar refractivity (Wildman–Crippen MR) is 86.3 cm³/mol. The first-order chi connectivity index (χ1) is 12.3. The van der Waals surface area contributed by atoms with E-state index in [0.717, 1.165) is 4.68 Å². The van der Waals surface area contributed by atoms with Gasteiger partial charge in [-0.1, -0.05) is 23.4 Å². The van der Waals surface area contributed by atoms with Gasteiger partial charge < -0.3 is 10.6 Å². The van der Waals surface area contributed by atoms with Crippen molar-refractivity contribution in [2.24, 2.45) is 5.92 Å². The molecule has 1 aromatic carbocycles. The highest BCUT2D eigenvalue weighted by atomic mass is 19.4. The number of carbonyl (C=O) groups is 2. The standard InChI is InChI=1S/C16H16F3N5O2/c1-2-5-10-8-20-9-15(10,21-13(25)16(17,18)19)14(26)24-12-7-4-3-6-11(12)22-23-24/h2-4,6-7,10,20H,1,5,8-9H2,(H,21,25). The minimum Gasteiger partial charge on any atom is -0.332 e. The Hall–Kier alpha value is -2.75. The number of benzene rings is 1. The molecule has 0 aliphatic carbocycles. The van der Waals surface area contributed by atoms with E-state index in [1.807, 2.05) is 5.32 Å². The molecule has 0 spiro atoms. The van der Waals surface area contributed by atoms with Gasteiger partial charge in [-0.05, 0) is 18.6 Å². The van der Waals surface area contributed by atoms with Crippen molar-refractivity contribution in [2.75, 3.05) is 13.1 Å². The van der Waals surface area contributed by atoms with Crippen LogP contribution in [0, 0.1) is 5.92 Å². The average molecular weight is 367 g/mol. The van der Waals surface area contributed by atoms with Gasteiger partial charge in [-0.15, -0.1) is 11.7 Å². The van der Waals surface area contributed by atoms with E-state index in [2.05, 4.69) is 22.2 Å². The Morgan fingerprint density at radius 3 is 2.85 bits per heavy atom. The lowest BCUT2D eigenvalue weighted by Gasteiger charge is -2.33. The Morgan fingerprint density at radius 1 is 1.42 bits per heavy atom. The lowest BCUT2D eigenvalue weighted by atomic mass is 9.83. The van der Waals surface area contributed by atoms with Crippen molar-refractivity contribution in [1.82, 2.24) is 25.6 Å². The fraction of sp³-hybridized carbons (Fsp3) is 0.375. The molecule has 7 nitrogen and oxygen atoms in total. The van der Waals surface area contributed by atoms with E-state index in [1.54, 1.807) is 24.3 Å². The number of rotatable bonds is 4. The quantitative estimate of drug-likeness (QED) is 0.795. The maximum Gasteiger partial charge on any atom is 0.471 e. The molecular weight excluding hydrogens is 351 g/mol. The third kappa shape index (κ3) is 2.96. The molecule has 26 heavy (non-hydrogen) atoms. The Kier molecular flexibility index (Phi) is 4.53. The van der Waals surface area contributed by atoms with Gasteiger partial charge in [0.2, 0.25) is 0 Å². The van der Waals surface area contributed by atoms with Gasteiger partial charge in [-0.2, -0.15) is 17.9 Å². The molecule has 1 aliphatic heterocycles. The first-order valence-corrected chi connectivity index (χ1v) is 7.86. The lowest BCUT2D eigenvalue weighted by molar-refractivity contribution is -0.175. The SMILES string of the molecule is C=CCC1CNCC1(NC(=O)C(F)(F)F)C(=O)n1nnc2ccccc21. The molecule has 1 saturated heterocycles. The van der Waals surface area contributed by atoms with Gasteiger partial charge in [0, 0.05) is 19.0 Å². The van der Waals surface area contributed by atoms with Crippen LogP contribution in [0.1, 0.15) is 11.2 Å². The molecule has 2 atom stereocenters. The summed E-state index contributed by atoms with van der Waals surface area (Å²) in [5, 5.41) is 12.4. The van der Waals surface area contributed by atoms with Crippen molar-refractivity contribution in [1.29, 1.82) is 0 Å². The first kappa shape index (κ1) is 18.1. The Labute approximate surface area is 146 Å². The summed E-state index contributed by atoms with van der Waals surface area (Å²) in [6.45, 7) is 3.68. The van der Waals surface area contributed by atoms with Crippen molar-refractivity contribution in [2.45, 2.75) is 18.1 Å². The van der Waals surface area contributed by atoms with E-state index in [-0.39, 0.29) is 19.5 Å². The van der Waals surface area contributed by atoms with Gasteiger partial charge >= 0.3 is 12.1 Å². The van der Waals surface area contributed by atoms with Gasteiger partial charge in [0.25, 0.3) is 5.91 Å². The van der Waals surface area contributed by atoms with E-state index in [1.165, 1.54) is 6.08 Å². The van der Waals surface area contributed by atoms with Crippen molar-refractivity contribution in [3.63, 3.8) is 0 Å². The highest BCUT2D eigenvalue weighted by molar-refractivity contribution is 5.98. The topological polar surface area (TPSA) is 88.9 Å². The average Bonchev–Trinajstić information content (AvgIpc) is 3.19. The molecule has 1 amide bonds. The molecule has 0 saturated carbocycles. The van der Waals surface area contributed by atoms with Gasteiger partial charge in [0.05, 0.1) is 5.52 Å². The zero-order valence-corrected chi connectivity index (χ0v) is 13.6. The summed E-state index contributed by atoms with van der Waals surface area (Å²) in [5.74, 6) is -3.56. The van der Waals surface area contributed by atoms with Crippen LogP contribution in [0.4, 0.5) is 13.2 Å². The molecule has 3 rings (SSSR count). The highest BCUT2D eigenvalue weighted by Crippen LogP contribution is 2.30. The second kappa shape index (κ2) is 6.52. The van der Waals surface area contributed by atoms with E-state index in [9.17, 15) is 22.8 Å². The predicted octanol–water partition coefficient (Wildman–Crippen LogP) is 1.28. The molecule has 2 aromatic rings. The van der Waals surface area contributed by atoms with Crippen LogP contribution in [0.15, 0.2) is 36.9 Å². The number of halogens is 3. The number of para-hydroxylation sites is 1. The number of hydrogen-bond acceptors (Lipinski definition) is 5. The van der Waals surface area contributed by atoms with Crippen LogP contribution in [0.5, 0.6) is 0 Å². The summed E-state index contributed by atoms with van der Waals surface area (Å²) in [6.07, 6.45) is -3.37. The number of nitrogens with zero attached hydrogens (tertiary/aromatic N) is 3. The second-order valence-corrected chi connectivity index (χ2v) is 6.07. The summed E-state index contributed by atoms with van der Waals surface area (Å²) in [6, 6.07) is 6.56. The number of fused-ring (bicyclic) bond motifs is 1. The summed E-state index contributed by atoms with van der Waals surface area (Å²) >= 11 is 0. The molecule has 0 bridgehead atoms. The number of alkyl halides is 3. The van der Waals surface area contributed by atoms with E-state index >= 15 is 0 Å². The molecule has 1 aromatic heterocycles. The molecule has 10 heteroatoms. The monoisotopic (exact) mass is 367 g/mol. The van der Waals surface area contributed by atoms with Crippen molar-refractivity contribution < 1.29 is 22.8 Å². The summed E-state index contributed by atoms with van der Waals surface area (Å²) in [7, 11) is 0. The molecule has 0 radical (unpaired) electrons. The lowest BCUT2D eigenvalue weighted by Crippen LogP contribution is -2.63. The molecular formula is C16H16F3N5O2. The number of nitrogens with one attached hydrogen (secondary N) is 2. The summed E-state index contributed by atoms with van der Waals surface area (Å²) in [4.78, 5) is 24.8. The normalized spacial score (nSPS) is 23.1. The van der Waals surface area contributed by atoms with Crippen LogP contribution in [-0.2, 0) is 4.79 Å². The van der Waals surface area contributed by atoms with E-state index in [0.29, 0.717) is 11.0 Å². The number of carbonyl (C=O) groups excluding carboxylic acids is 2. The molecule has 1 fully saturated rings. The summed E-state index contributed by atoms with van der Waals surface area (Å²) < 4.78 is 39.5. The van der Waals surface area contributed by atoms with Crippen LogP contribution in [0.25, 0.3) is 11.0 Å². The van der Waals surface area contributed by atoms with Gasteiger partial charge in [0.15, 0.2) is 0 Å². The number of hydrogen-bond donors (Lipinski definition) is 2.